The molecule has 0 saturated carbocycles. The summed E-state index contributed by atoms with van der Waals surface area (Å²) in [5.41, 5.74) is 5.12. The molecular formula is C21H22FN5OS. The van der Waals surface area contributed by atoms with Crippen LogP contribution < -0.4 is 10.7 Å². The highest BCUT2D eigenvalue weighted by atomic mass is 32.2. The number of benzene rings is 2. The lowest BCUT2D eigenvalue weighted by atomic mass is 10.0. The zero-order chi connectivity index (χ0) is 20.4. The monoisotopic (exact) mass is 411 g/mol. The Morgan fingerprint density at radius 2 is 1.90 bits per heavy atom. The van der Waals surface area contributed by atoms with Crippen LogP contribution in [0.1, 0.15) is 25.5 Å². The second kappa shape index (κ2) is 8.24. The lowest BCUT2D eigenvalue weighted by Crippen LogP contribution is -2.44. The van der Waals surface area contributed by atoms with Gasteiger partial charge in [-0.25, -0.2) is 9.07 Å². The zero-order valence-corrected chi connectivity index (χ0v) is 17.0. The maximum Gasteiger partial charge on any atom is 0.236 e. The molecule has 0 fully saturated rings. The smallest absolute Gasteiger partial charge is 0.236 e. The molecule has 8 heteroatoms. The topological polar surface area (TPSA) is 71.8 Å². The summed E-state index contributed by atoms with van der Waals surface area (Å²) in [7, 11) is 0. The molecule has 29 heavy (non-hydrogen) atoms. The van der Waals surface area contributed by atoms with E-state index < -0.39 is 5.25 Å². The van der Waals surface area contributed by atoms with E-state index in [0.717, 1.165) is 11.1 Å². The first-order valence-corrected chi connectivity index (χ1v) is 10.4. The molecule has 1 aliphatic heterocycles. The van der Waals surface area contributed by atoms with Crippen molar-refractivity contribution in [3.63, 3.8) is 0 Å². The third-order valence-electron chi connectivity index (χ3n) is 4.64. The van der Waals surface area contributed by atoms with Crippen molar-refractivity contribution >= 4 is 17.7 Å². The number of nitrogens with zero attached hydrogens (tertiary/aromatic N) is 3. The van der Waals surface area contributed by atoms with Gasteiger partial charge in [-0.2, -0.15) is 0 Å². The summed E-state index contributed by atoms with van der Waals surface area (Å²) >= 11 is 1.36. The molecule has 3 aromatic rings. The van der Waals surface area contributed by atoms with Gasteiger partial charge in [-0.1, -0.05) is 68.1 Å². The van der Waals surface area contributed by atoms with E-state index in [0.29, 0.717) is 23.4 Å². The van der Waals surface area contributed by atoms with Crippen LogP contribution in [0.25, 0.3) is 11.4 Å². The molecule has 2 heterocycles. The average molecular weight is 412 g/mol. The molecular weight excluding hydrogens is 389 g/mol. The third-order valence-corrected chi connectivity index (χ3v) is 5.86. The quantitative estimate of drug-likeness (QED) is 0.671. The van der Waals surface area contributed by atoms with Crippen LogP contribution in [0.2, 0.25) is 0 Å². The van der Waals surface area contributed by atoms with Crippen LogP contribution in [0.4, 0.5) is 4.39 Å². The minimum absolute atomic E-state index is 0.0824. The predicted octanol–water partition coefficient (Wildman–Crippen LogP) is 3.62. The lowest BCUT2D eigenvalue weighted by Gasteiger charge is -2.33. The van der Waals surface area contributed by atoms with Crippen LogP contribution in [0.3, 0.4) is 0 Å². The molecule has 0 spiro atoms. The molecule has 0 bridgehead atoms. The molecule has 2 aromatic carbocycles. The first-order chi connectivity index (χ1) is 14.0. The SMILES string of the molecule is CC(C)CNC(=O)[C@@H]1Sc2nnc(-c3ccccc3)n2N[C@H]1c1ccc(F)cc1. The van der Waals surface area contributed by atoms with Gasteiger partial charge in [-0.05, 0) is 23.6 Å². The van der Waals surface area contributed by atoms with Crippen LogP contribution in [-0.4, -0.2) is 32.6 Å². The van der Waals surface area contributed by atoms with Crippen molar-refractivity contribution in [2.75, 3.05) is 12.0 Å². The van der Waals surface area contributed by atoms with E-state index in [1.165, 1.54) is 23.9 Å². The molecule has 0 radical (unpaired) electrons. The van der Waals surface area contributed by atoms with E-state index in [1.807, 2.05) is 44.2 Å². The fraction of sp³-hybridized carbons (Fsp3) is 0.286. The van der Waals surface area contributed by atoms with E-state index in [-0.39, 0.29) is 17.8 Å². The van der Waals surface area contributed by atoms with Gasteiger partial charge < -0.3 is 10.7 Å². The lowest BCUT2D eigenvalue weighted by molar-refractivity contribution is -0.121. The van der Waals surface area contributed by atoms with Crippen molar-refractivity contribution in [1.82, 2.24) is 20.2 Å². The highest BCUT2D eigenvalue weighted by molar-refractivity contribution is 8.00. The summed E-state index contributed by atoms with van der Waals surface area (Å²) in [4.78, 5) is 12.9. The third kappa shape index (κ3) is 4.12. The minimum Gasteiger partial charge on any atom is -0.355 e. The summed E-state index contributed by atoms with van der Waals surface area (Å²) in [6.45, 7) is 4.69. The van der Waals surface area contributed by atoms with E-state index in [9.17, 15) is 9.18 Å². The van der Waals surface area contributed by atoms with E-state index in [2.05, 4.69) is 20.9 Å². The molecule has 4 rings (SSSR count). The standard InChI is InChI=1S/C21H22FN5OS/c1-13(2)12-23-20(28)18-17(14-8-10-16(22)11-9-14)26-27-19(24-25-21(27)29-18)15-6-4-3-5-7-15/h3-11,13,17-18,26H,12H2,1-2H3,(H,23,28)/t17-,18+/m0/s1. The summed E-state index contributed by atoms with van der Waals surface area (Å²) in [5, 5.41) is 11.8. The van der Waals surface area contributed by atoms with Crippen LogP contribution in [0.5, 0.6) is 0 Å². The largest absolute Gasteiger partial charge is 0.355 e. The Labute approximate surface area is 172 Å². The van der Waals surface area contributed by atoms with Gasteiger partial charge in [0.2, 0.25) is 11.1 Å². The highest BCUT2D eigenvalue weighted by Crippen LogP contribution is 2.38. The Morgan fingerprint density at radius 3 is 2.59 bits per heavy atom. The minimum atomic E-state index is -0.459. The number of rotatable bonds is 5. The number of thioether (sulfide) groups is 1. The number of amides is 1. The van der Waals surface area contributed by atoms with Crippen molar-refractivity contribution in [2.24, 2.45) is 5.92 Å². The summed E-state index contributed by atoms with van der Waals surface area (Å²) in [6.07, 6.45) is 0. The zero-order valence-electron chi connectivity index (χ0n) is 16.2. The molecule has 1 aliphatic rings. The normalized spacial score (nSPS) is 18.2. The number of hydrogen-bond acceptors (Lipinski definition) is 5. The number of aromatic nitrogens is 3. The summed E-state index contributed by atoms with van der Waals surface area (Å²) in [5.74, 6) is 0.619. The summed E-state index contributed by atoms with van der Waals surface area (Å²) < 4.78 is 15.3. The Bertz CT molecular complexity index is 990. The number of carbonyl (C=O) groups excluding carboxylic acids is 1. The molecule has 2 atom stereocenters. The number of hydrogen-bond donors (Lipinski definition) is 2. The van der Waals surface area contributed by atoms with Gasteiger partial charge in [0.25, 0.3) is 0 Å². The van der Waals surface area contributed by atoms with Crippen LogP contribution in [0.15, 0.2) is 59.8 Å². The Hall–Kier alpha value is -2.87. The molecule has 150 valence electrons. The Kier molecular flexibility index (Phi) is 5.53. The molecule has 0 saturated heterocycles. The van der Waals surface area contributed by atoms with Gasteiger partial charge in [0, 0.05) is 12.1 Å². The number of carbonyl (C=O) groups is 1. The van der Waals surface area contributed by atoms with Gasteiger partial charge in [-0.3, -0.25) is 4.79 Å². The Morgan fingerprint density at radius 1 is 1.17 bits per heavy atom. The van der Waals surface area contributed by atoms with Crippen molar-refractivity contribution in [3.8, 4) is 11.4 Å². The summed E-state index contributed by atoms with van der Waals surface area (Å²) in [6, 6.07) is 15.6. The molecule has 1 amide bonds. The fourth-order valence-corrected chi connectivity index (χ4v) is 4.26. The number of halogens is 1. The van der Waals surface area contributed by atoms with E-state index in [1.54, 1.807) is 16.8 Å². The maximum absolute atomic E-state index is 13.5. The van der Waals surface area contributed by atoms with E-state index >= 15 is 0 Å². The maximum atomic E-state index is 13.5. The van der Waals surface area contributed by atoms with Gasteiger partial charge in [0.1, 0.15) is 11.1 Å². The van der Waals surface area contributed by atoms with Gasteiger partial charge in [0.05, 0.1) is 6.04 Å². The number of fused-ring (bicyclic) bond motifs is 1. The molecule has 0 aliphatic carbocycles. The molecule has 1 aromatic heterocycles. The van der Waals surface area contributed by atoms with Crippen LogP contribution in [0, 0.1) is 11.7 Å². The van der Waals surface area contributed by atoms with Gasteiger partial charge in [0.15, 0.2) is 5.82 Å². The van der Waals surface area contributed by atoms with Crippen molar-refractivity contribution < 1.29 is 9.18 Å². The first kappa shape index (κ1) is 19.4. The van der Waals surface area contributed by atoms with E-state index in [4.69, 9.17) is 0 Å². The molecule has 6 nitrogen and oxygen atoms in total. The average Bonchev–Trinajstić information content (AvgIpc) is 3.15. The molecule has 2 N–H and O–H groups in total. The van der Waals surface area contributed by atoms with Crippen LogP contribution in [-0.2, 0) is 4.79 Å². The molecule has 0 unspecified atom stereocenters. The second-order valence-electron chi connectivity index (χ2n) is 7.34. The fourth-order valence-electron chi connectivity index (χ4n) is 3.15. The van der Waals surface area contributed by atoms with Gasteiger partial charge in [-0.15, -0.1) is 10.2 Å². The van der Waals surface area contributed by atoms with Gasteiger partial charge >= 0.3 is 0 Å². The van der Waals surface area contributed by atoms with Crippen molar-refractivity contribution in [2.45, 2.75) is 30.3 Å². The Balaban J connectivity index is 1.70. The van der Waals surface area contributed by atoms with Crippen molar-refractivity contribution in [3.05, 3.63) is 66.0 Å². The number of nitrogens with one attached hydrogen (secondary N) is 2. The predicted molar refractivity (Wildman–Crippen MR) is 111 cm³/mol. The van der Waals surface area contributed by atoms with Crippen LogP contribution >= 0.6 is 11.8 Å². The first-order valence-electron chi connectivity index (χ1n) is 9.50. The highest BCUT2D eigenvalue weighted by Gasteiger charge is 2.37. The second-order valence-corrected chi connectivity index (χ2v) is 8.45. The van der Waals surface area contributed by atoms with Crippen molar-refractivity contribution in [1.29, 1.82) is 0 Å².